The first kappa shape index (κ1) is 27.9. The van der Waals surface area contributed by atoms with Gasteiger partial charge in [0.2, 0.25) is 21.5 Å². The minimum atomic E-state index is -4.02. The van der Waals surface area contributed by atoms with Gasteiger partial charge in [-0.25, -0.2) is 31.9 Å². The molecule has 210 valence electrons. The van der Waals surface area contributed by atoms with E-state index in [2.05, 4.69) is 15.0 Å². The van der Waals surface area contributed by atoms with Crippen LogP contribution in [-0.4, -0.2) is 78.3 Å². The van der Waals surface area contributed by atoms with Gasteiger partial charge in [-0.3, -0.25) is 4.79 Å². The Bertz CT molecular complexity index is 1800. The van der Waals surface area contributed by atoms with E-state index in [1.807, 2.05) is 0 Å². The molecule has 13 nitrogen and oxygen atoms in total. The van der Waals surface area contributed by atoms with Crippen LogP contribution in [0.1, 0.15) is 17.0 Å². The Balaban J connectivity index is 1.39. The number of hydrogen-bond donors (Lipinski definition) is 2. The summed E-state index contributed by atoms with van der Waals surface area (Å²) in [5.41, 5.74) is 1.28. The Morgan fingerprint density at radius 3 is 2.58 bits per heavy atom. The van der Waals surface area contributed by atoms with Gasteiger partial charge in [0.1, 0.15) is 5.03 Å². The Morgan fingerprint density at radius 1 is 1.12 bits per heavy atom. The van der Waals surface area contributed by atoms with Gasteiger partial charge in [-0.05, 0) is 36.8 Å². The van der Waals surface area contributed by atoms with Crippen molar-refractivity contribution in [2.75, 3.05) is 25.4 Å². The zero-order valence-corrected chi connectivity index (χ0v) is 23.2. The summed E-state index contributed by atoms with van der Waals surface area (Å²) in [6.07, 6.45) is 3.90. The molecule has 1 aromatic carbocycles. The number of aromatic nitrogens is 4. The third-order valence-electron chi connectivity index (χ3n) is 6.58. The van der Waals surface area contributed by atoms with E-state index in [4.69, 9.17) is 16.7 Å². The van der Waals surface area contributed by atoms with Crippen molar-refractivity contribution in [3.63, 3.8) is 0 Å². The second-order valence-corrected chi connectivity index (χ2v) is 13.3. The molecule has 0 bridgehead atoms. The molecule has 0 saturated carbocycles. The van der Waals surface area contributed by atoms with Crippen molar-refractivity contribution in [2.45, 2.75) is 17.5 Å². The molecule has 1 aliphatic rings. The number of pyridine rings is 1. The van der Waals surface area contributed by atoms with Gasteiger partial charge in [-0.1, -0.05) is 11.6 Å². The van der Waals surface area contributed by atoms with Gasteiger partial charge in [0.05, 0.1) is 11.3 Å². The number of carbonyl (C=O) groups is 1. The van der Waals surface area contributed by atoms with Crippen LogP contribution in [0.25, 0.3) is 22.2 Å². The van der Waals surface area contributed by atoms with Gasteiger partial charge in [-0.2, -0.15) is 9.04 Å². The average molecular weight is 606 g/mol. The standard InChI is InChI=1S/C24H24ClN7O6S2/c25-18-4-5-20-16(11-18)12-22(29-20)40(37,38)30-8-9-31(19(15-30)6-10-39(26,35)36)24(33)23-27-13-17(14-28-23)21-3-1-2-7-32(21)34/h1-5,7,11-14,19,29H,6,8-10,15H2,(H2,26,35,36). The van der Waals surface area contributed by atoms with Gasteiger partial charge in [0.15, 0.2) is 6.20 Å². The summed E-state index contributed by atoms with van der Waals surface area (Å²) in [7, 11) is -7.92. The summed E-state index contributed by atoms with van der Waals surface area (Å²) < 4.78 is 52.3. The van der Waals surface area contributed by atoms with Gasteiger partial charge in [-0.15, -0.1) is 0 Å². The maximum absolute atomic E-state index is 13.5. The SMILES string of the molecule is NS(=O)(=O)CCC1CN(S(=O)(=O)c2cc3cc(Cl)ccc3[nH]2)CCN1C(=O)c1ncc(-c2cccc[n+]2[O-])cn1. The number of fused-ring (bicyclic) bond motifs is 1. The van der Waals surface area contributed by atoms with Crippen LogP contribution >= 0.6 is 11.6 Å². The molecule has 16 heteroatoms. The molecule has 0 radical (unpaired) electrons. The molecular weight excluding hydrogens is 582 g/mol. The molecule has 0 spiro atoms. The van der Waals surface area contributed by atoms with Crippen LogP contribution in [0.2, 0.25) is 5.02 Å². The van der Waals surface area contributed by atoms with Crippen LogP contribution in [0.5, 0.6) is 0 Å². The maximum Gasteiger partial charge on any atom is 0.291 e. The number of primary sulfonamides is 1. The van der Waals surface area contributed by atoms with Crippen molar-refractivity contribution in [1.82, 2.24) is 24.2 Å². The van der Waals surface area contributed by atoms with Gasteiger partial charge >= 0.3 is 0 Å². The lowest BCUT2D eigenvalue weighted by atomic mass is 10.1. The molecular formula is C24H24ClN7O6S2. The number of piperazine rings is 1. The average Bonchev–Trinajstić information content (AvgIpc) is 3.35. The number of halogens is 1. The molecule has 1 unspecified atom stereocenters. The Labute approximate surface area is 234 Å². The summed E-state index contributed by atoms with van der Waals surface area (Å²) in [6.45, 7) is -0.254. The summed E-state index contributed by atoms with van der Waals surface area (Å²) in [4.78, 5) is 25.9. The van der Waals surface area contributed by atoms with Crippen LogP contribution in [0, 0.1) is 5.21 Å². The molecule has 3 aromatic heterocycles. The Morgan fingerprint density at radius 2 is 1.88 bits per heavy atom. The fourth-order valence-electron chi connectivity index (χ4n) is 4.57. The smallest absolute Gasteiger partial charge is 0.291 e. The van der Waals surface area contributed by atoms with Crippen LogP contribution < -0.4 is 9.87 Å². The van der Waals surface area contributed by atoms with Gasteiger partial charge < -0.3 is 15.1 Å². The van der Waals surface area contributed by atoms with E-state index in [0.29, 0.717) is 31.9 Å². The lowest BCUT2D eigenvalue weighted by Gasteiger charge is -2.40. The Hall–Kier alpha value is -3.63. The van der Waals surface area contributed by atoms with Crippen LogP contribution in [0.15, 0.2) is 66.1 Å². The van der Waals surface area contributed by atoms with Crippen molar-refractivity contribution in [3.05, 3.63) is 77.1 Å². The molecule has 3 N–H and O–H groups in total. The van der Waals surface area contributed by atoms with Crippen molar-refractivity contribution in [3.8, 4) is 11.3 Å². The third-order valence-corrected chi connectivity index (χ3v) is 9.41. The number of sulfonamides is 2. The first-order chi connectivity index (χ1) is 18.9. The van der Waals surface area contributed by atoms with Crippen LogP contribution in [0.3, 0.4) is 0 Å². The number of nitrogens with one attached hydrogen (secondary N) is 1. The van der Waals surface area contributed by atoms with E-state index in [-0.39, 0.29) is 36.9 Å². The highest BCUT2D eigenvalue weighted by atomic mass is 35.5. The number of rotatable bonds is 7. The number of nitrogens with zero attached hydrogens (tertiary/aromatic N) is 5. The molecule has 1 fully saturated rings. The lowest BCUT2D eigenvalue weighted by molar-refractivity contribution is -0.593. The first-order valence-electron chi connectivity index (χ1n) is 12.0. The summed E-state index contributed by atoms with van der Waals surface area (Å²) in [5.74, 6) is -1.25. The molecule has 0 aliphatic carbocycles. The highest BCUT2D eigenvalue weighted by molar-refractivity contribution is 7.89. The van der Waals surface area contributed by atoms with Gasteiger partial charge in [0, 0.05) is 66.1 Å². The number of hydrogen-bond acceptors (Lipinski definition) is 8. The quantitative estimate of drug-likeness (QED) is 0.231. The minimum Gasteiger partial charge on any atom is -0.618 e. The molecule has 40 heavy (non-hydrogen) atoms. The molecule has 5 rings (SSSR count). The van der Waals surface area contributed by atoms with Crippen molar-refractivity contribution in [2.24, 2.45) is 5.14 Å². The predicted molar refractivity (Wildman–Crippen MR) is 146 cm³/mol. The first-order valence-corrected chi connectivity index (χ1v) is 15.6. The normalized spacial score (nSPS) is 16.9. The van der Waals surface area contributed by atoms with E-state index < -0.39 is 37.7 Å². The number of H-pyrrole nitrogens is 1. The fourth-order valence-corrected chi connectivity index (χ4v) is 6.83. The Kier molecular flexibility index (Phi) is 7.50. The summed E-state index contributed by atoms with van der Waals surface area (Å²) in [6, 6.07) is 10.4. The van der Waals surface area contributed by atoms with Crippen molar-refractivity contribution < 1.29 is 26.4 Å². The van der Waals surface area contributed by atoms with Crippen molar-refractivity contribution >= 4 is 48.5 Å². The number of aromatic amines is 1. The lowest BCUT2D eigenvalue weighted by Crippen LogP contribution is -2.57. The van der Waals surface area contributed by atoms with Crippen LogP contribution in [-0.2, 0) is 20.0 Å². The largest absolute Gasteiger partial charge is 0.618 e. The predicted octanol–water partition coefficient (Wildman–Crippen LogP) is 1.11. The topological polar surface area (TPSA) is 186 Å². The van der Waals surface area contributed by atoms with Crippen LogP contribution in [0.4, 0.5) is 0 Å². The zero-order valence-electron chi connectivity index (χ0n) is 20.8. The third kappa shape index (κ3) is 5.78. The second kappa shape index (κ2) is 10.7. The van der Waals surface area contributed by atoms with Gasteiger partial charge in [0.25, 0.3) is 15.9 Å². The number of nitrogens with two attached hydrogens (primary N) is 1. The number of carbonyl (C=O) groups excluding carboxylic acids is 1. The van der Waals surface area contributed by atoms with E-state index in [1.165, 1.54) is 33.9 Å². The second-order valence-electron chi connectivity index (χ2n) is 9.24. The molecule has 1 atom stereocenters. The molecule has 1 saturated heterocycles. The molecule has 1 amide bonds. The fraction of sp³-hybridized carbons (Fsp3) is 0.250. The highest BCUT2D eigenvalue weighted by Gasteiger charge is 2.38. The highest BCUT2D eigenvalue weighted by Crippen LogP contribution is 2.27. The summed E-state index contributed by atoms with van der Waals surface area (Å²) >= 11 is 6.03. The van der Waals surface area contributed by atoms with E-state index >= 15 is 0 Å². The van der Waals surface area contributed by atoms with E-state index in [1.54, 1.807) is 36.4 Å². The number of amides is 1. The minimum absolute atomic E-state index is 0.0379. The summed E-state index contributed by atoms with van der Waals surface area (Å²) in [5, 5.41) is 18.3. The maximum atomic E-state index is 13.5. The van der Waals surface area contributed by atoms with Crippen molar-refractivity contribution in [1.29, 1.82) is 0 Å². The zero-order chi connectivity index (χ0) is 28.7. The number of benzene rings is 1. The molecule has 4 aromatic rings. The molecule has 1 aliphatic heterocycles. The van der Waals surface area contributed by atoms with E-state index in [0.717, 1.165) is 0 Å². The molecule has 4 heterocycles. The monoisotopic (exact) mass is 605 g/mol. The van der Waals surface area contributed by atoms with E-state index in [9.17, 15) is 26.8 Å².